The van der Waals surface area contributed by atoms with Crippen LogP contribution < -0.4 is 4.72 Å². The van der Waals surface area contributed by atoms with E-state index in [1.807, 2.05) is 4.90 Å². The smallest absolute Gasteiger partial charge is 0.338 e. The van der Waals surface area contributed by atoms with Crippen LogP contribution in [0.2, 0.25) is 0 Å². The fourth-order valence-electron chi connectivity index (χ4n) is 1.97. The number of rotatable bonds is 6. The number of aromatic carboxylic acids is 1. The van der Waals surface area contributed by atoms with Gasteiger partial charge in [0.1, 0.15) is 5.82 Å². The first-order valence-corrected chi connectivity index (χ1v) is 7.73. The summed E-state index contributed by atoms with van der Waals surface area (Å²) in [6, 6.07) is 1.57. The Labute approximate surface area is 123 Å². The lowest BCUT2D eigenvalue weighted by atomic mass is 10.1. The van der Waals surface area contributed by atoms with Gasteiger partial charge in [-0.25, -0.2) is 22.3 Å². The molecule has 0 spiro atoms. The van der Waals surface area contributed by atoms with Crippen LogP contribution in [0.3, 0.4) is 0 Å². The van der Waals surface area contributed by atoms with E-state index in [4.69, 9.17) is 5.11 Å². The normalized spacial score (nSPS) is 13.4. The van der Waals surface area contributed by atoms with Crippen molar-refractivity contribution in [2.45, 2.75) is 24.8 Å². The average molecular weight is 318 g/mol. The maximum Gasteiger partial charge on any atom is 0.338 e. The molecule has 2 N–H and O–H groups in total. The molecule has 118 valence electrons. The maximum atomic E-state index is 13.7. The SMILES string of the molecule is Cc1cc(S(=O)(=O)NC(C)CN(C)C)cc(C(=O)O)c1F. The molecule has 0 aliphatic rings. The topological polar surface area (TPSA) is 86.7 Å². The molecule has 0 bridgehead atoms. The highest BCUT2D eigenvalue weighted by molar-refractivity contribution is 7.89. The number of halogens is 1. The minimum atomic E-state index is -3.91. The molecule has 21 heavy (non-hydrogen) atoms. The van der Waals surface area contributed by atoms with Gasteiger partial charge in [-0.1, -0.05) is 0 Å². The van der Waals surface area contributed by atoms with Crippen LogP contribution in [-0.2, 0) is 10.0 Å². The summed E-state index contributed by atoms with van der Waals surface area (Å²) >= 11 is 0. The van der Waals surface area contributed by atoms with E-state index in [0.717, 1.165) is 12.1 Å². The molecule has 1 rings (SSSR count). The van der Waals surface area contributed by atoms with Crippen LogP contribution in [0, 0.1) is 12.7 Å². The van der Waals surface area contributed by atoms with Crippen molar-refractivity contribution in [2.75, 3.05) is 20.6 Å². The Bertz CT molecular complexity index is 644. The highest BCUT2D eigenvalue weighted by Crippen LogP contribution is 2.19. The Morgan fingerprint density at radius 3 is 2.48 bits per heavy atom. The number of benzene rings is 1. The van der Waals surface area contributed by atoms with Gasteiger partial charge in [-0.3, -0.25) is 0 Å². The van der Waals surface area contributed by atoms with E-state index in [1.165, 1.54) is 6.92 Å². The molecule has 0 aliphatic heterocycles. The number of hydrogen-bond acceptors (Lipinski definition) is 4. The lowest BCUT2D eigenvalue weighted by Crippen LogP contribution is -2.39. The third-order valence-electron chi connectivity index (χ3n) is 2.76. The zero-order valence-electron chi connectivity index (χ0n) is 12.3. The van der Waals surface area contributed by atoms with Gasteiger partial charge in [-0.2, -0.15) is 0 Å². The van der Waals surface area contributed by atoms with Gasteiger partial charge in [0, 0.05) is 12.6 Å². The fraction of sp³-hybridized carbons (Fsp3) is 0.462. The number of carboxylic acids is 1. The van der Waals surface area contributed by atoms with Crippen molar-refractivity contribution in [3.63, 3.8) is 0 Å². The molecule has 0 amide bonds. The first kappa shape index (κ1) is 17.5. The van der Waals surface area contributed by atoms with Crippen LogP contribution in [-0.4, -0.2) is 51.1 Å². The highest BCUT2D eigenvalue weighted by atomic mass is 32.2. The number of nitrogens with one attached hydrogen (secondary N) is 1. The first-order chi connectivity index (χ1) is 9.54. The predicted octanol–water partition coefficient (Wildman–Crippen LogP) is 1.06. The summed E-state index contributed by atoms with van der Waals surface area (Å²) in [6.07, 6.45) is 0. The number of likely N-dealkylation sites (N-methyl/N-ethyl adjacent to an activating group) is 1. The molecule has 0 fully saturated rings. The average Bonchev–Trinajstić information content (AvgIpc) is 2.29. The van der Waals surface area contributed by atoms with Gasteiger partial charge in [0.2, 0.25) is 10.0 Å². The zero-order chi connectivity index (χ0) is 16.4. The van der Waals surface area contributed by atoms with Gasteiger partial charge in [-0.05, 0) is 45.6 Å². The fourth-order valence-corrected chi connectivity index (χ4v) is 3.31. The van der Waals surface area contributed by atoms with Crippen molar-refractivity contribution < 1.29 is 22.7 Å². The largest absolute Gasteiger partial charge is 0.478 e. The number of hydrogen-bond donors (Lipinski definition) is 2. The minimum absolute atomic E-state index is 0.0319. The second-order valence-electron chi connectivity index (χ2n) is 5.19. The van der Waals surface area contributed by atoms with Gasteiger partial charge in [0.15, 0.2) is 0 Å². The number of nitrogens with zero attached hydrogens (tertiary/aromatic N) is 1. The third-order valence-corrected chi connectivity index (χ3v) is 4.33. The van der Waals surface area contributed by atoms with E-state index in [0.29, 0.717) is 6.54 Å². The molecule has 6 nitrogen and oxygen atoms in total. The molecular weight excluding hydrogens is 299 g/mol. The van der Waals surface area contributed by atoms with Gasteiger partial charge < -0.3 is 10.0 Å². The zero-order valence-corrected chi connectivity index (χ0v) is 13.2. The van der Waals surface area contributed by atoms with Crippen molar-refractivity contribution in [1.82, 2.24) is 9.62 Å². The molecule has 0 heterocycles. The highest BCUT2D eigenvalue weighted by Gasteiger charge is 2.22. The van der Waals surface area contributed by atoms with E-state index in [2.05, 4.69) is 4.72 Å². The third kappa shape index (κ3) is 4.48. The summed E-state index contributed by atoms with van der Waals surface area (Å²) in [5.41, 5.74) is -0.689. The van der Waals surface area contributed by atoms with Gasteiger partial charge in [0.25, 0.3) is 0 Å². The van der Waals surface area contributed by atoms with Crippen molar-refractivity contribution in [1.29, 1.82) is 0 Å². The van der Waals surface area contributed by atoms with Crippen LogP contribution in [0.5, 0.6) is 0 Å². The van der Waals surface area contributed by atoms with Crippen LogP contribution in [0.4, 0.5) is 4.39 Å². The first-order valence-electron chi connectivity index (χ1n) is 6.25. The standard InChI is InChI=1S/C13H19FN2O4S/c1-8-5-10(6-11(12(8)14)13(17)18)21(19,20)15-9(2)7-16(3)4/h5-6,9,15H,7H2,1-4H3,(H,17,18). The molecule has 1 atom stereocenters. The number of carbonyl (C=O) groups is 1. The molecule has 8 heteroatoms. The van der Waals surface area contributed by atoms with Crippen molar-refractivity contribution in [3.05, 3.63) is 29.1 Å². The number of aryl methyl sites for hydroxylation is 1. The van der Waals surface area contributed by atoms with Crippen molar-refractivity contribution in [3.8, 4) is 0 Å². The van der Waals surface area contributed by atoms with Gasteiger partial charge >= 0.3 is 5.97 Å². The van der Waals surface area contributed by atoms with Crippen molar-refractivity contribution in [2.24, 2.45) is 0 Å². The van der Waals surface area contributed by atoms with E-state index in [-0.39, 0.29) is 16.5 Å². The molecule has 1 unspecified atom stereocenters. The molecule has 0 saturated carbocycles. The Kier molecular flexibility index (Phi) is 5.43. The van der Waals surface area contributed by atoms with Gasteiger partial charge in [-0.15, -0.1) is 0 Å². The van der Waals surface area contributed by atoms with E-state index >= 15 is 0 Å². The monoisotopic (exact) mass is 318 g/mol. The van der Waals surface area contributed by atoms with E-state index in [1.54, 1.807) is 21.0 Å². The lowest BCUT2D eigenvalue weighted by Gasteiger charge is -2.18. The molecular formula is C13H19FN2O4S. The van der Waals surface area contributed by atoms with Gasteiger partial charge in [0.05, 0.1) is 10.5 Å². The molecule has 0 saturated heterocycles. The summed E-state index contributed by atoms with van der Waals surface area (Å²) in [6.45, 7) is 3.49. The minimum Gasteiger partial charge on any atom is -0.478 e. The molecule has 1 aromatic rings. The van der Waals surface area contributed by atoms with Crippen LogP contribution >= 0.6 is 0 Å². The Balaban J connectivity index is 3.17. The van der Waals surface area contributed by atoms with Crippen molar-refractivity contribution >= 4 is 16.0 Å². The number of carboxylic acid groups (broad SMARTS) is 1. The summed E-state index contributed by atoms with van der Waals surface area (Å²) in [4.78, 5) is 12.5. The molecule has 0 aromatic heterocycles. The van der Waals surface area contributed by atoms with Crippen LogP contribution in [0.25, 0.3) is 0 Å². The Morgan fingerprint density at radius 1 is 1.43 bits per heavy atom. The Hall–Kier alpha value is -1.51. The lowest BCUT2D eigenvalue weighted by molar-refractivity contribution is 0.0691. The number of sulfonamides is 1. The second-order valence-corrected chi connectivity index (χ2v) is 6.91. The van der Waals surface area contributed by atoms with E-state index < -0.39 is 27.4 Å². The summed E-state index contributed by atoms with van der Waals surface area (Å²) in [5.74, 6) is -2.43. The maximum absolute atomic E-state index is 13.7. The second kappa shape index (κ2) is 6.50. The summed E-state index contributed by atoms with van der Waals surface area (Å²) in [5, 5.41) is 8.92. The summed E-state index contributed by atoms with van der Waals surface area (Å²) in [7, 11) is -0.305. The molecule has 0 aliphatic carbocycles. The molecule has 0 radical (unpaired) electrons. The summed E-state index contributed by atoms with van der Waals surface area (Å²) < 4.78 is 40.5. The predicted molar refractivity (Wildman–Crippen MR) is 76.4 cm³/mol. The quantitative estimate of drug-likeness (QED) is 0.819. The molecule has 1 aromatic carbocycles. The van der Waals surface area contributed by atoms with Crippen LogP contribution in [0.15, 0.2) is 17.0 Å². The van der Waals surface area contributed by atoms with Crippen LogP contribution in [0.1, 0.15) is 22.8 Å². The van der Waals surface area contributed by atoms with E-state index in [9.17, 15) is 17.6 Å². The Morgan fingerprint density at radius 2 is 2.00 bits per heavy atom.